The number of hydrogen-bond acceptors (Lipinski definition) is 4. The summed E-state index contributed by atoms with van der Waals surface area (Å²) in [5.41, 5.74) is 0. The summed E-state index contributed by atoms with van der Waals surface area (Å²) in [6.45, 7) is 0.389. The summed E-state index contributed by atoms with van der Waals surface area (Å²) in [4.78, 5) is 0. The molecule has 0 fully saturated rings. The Hall–Kier alpha value is -0.410. The lowest BCUT2D eigenvalue weighted by atomic mass is 10.3. The van der Waals surface area contributed by atoms with Crippen LogP contribution in [-0.4, -0.2) is 27.0 Å². The van der Waals surface area contributed by atoms with Crippen molar-refractivity contribution in [2.75, 3.05) is 18.6 Å². The first kappa shape index (κ1) is 15.1. The molecule has 13 heavy (non-hydrogen) atoms. The van der Waals surface area contributed by atoms with E-state index in [9.17, 15) is 8.42 Å². The minimum atomic E-state index is -2.82. The molecule has 0 aliphatic heterocycles. The lowest BCUT2D eigenvalue weighted by molar-refractivity contribution is 0.261. The second-order valence-electron chi connectivity index (χ2n) is 2.63. The third-order valence-electron chi connectivity index (χ3n) is 1.33. The van der Waals surface area contributed by atoms with Crippen LogP contribution in [0, 0.1) is 11.5 Å². The molecule has 0 spiro atoms. The van der Waals surface area contributed by atoms with Gasteiger partial charge in [-0.2, -0.15) is 18.8 Å². The molecule has 0 aromatic heterocycles. The van der Waals surface area contributed by atoms with Crippen LogP contribution >= 0.6 is 13.5 Å². The van der Waals surface area contributed by atoms with Crippen LogP contribution in [0.1, 0.15) is 19.3 Å². The Morgan fingerprint density at radius 1 is 1.31 bits per heavy atom. The van der Waals surface area contributed by atoms with Gasteiger partial charge in [-0.3, -0.25) is 0 Å². The lowest BCUT2D eigenvalue weighted by Gasteiger charge is -1.97. The highest BCUT2D eigenvalue weighted by Crippen LogP contribution is 1.98. The summed E-state index contributed by atoms with van der Waals surface area (Å²) in [6.07, 6.45) is 4.95. The molecule has 0 atom stereocenters. The highest BCUT2D eigenvalue weighted by molar-refractivity contribution is 7.90. The van der Waals surface area contributed by atoms with Gasteiger partial charge in [0, 0.05) is 12.0 Å². The predicted octanol–water partition coefficient (Wildman–Crippen LogP) is 0.812. The van der Waals surface area contributed by atoms with Gasteiger partial charge in [-0.25, -0.2) is 8.42 Å². The molecular formula is C7H15NO3S2. The Labute approximate surface area is 86.3 Å². The van der Waals surface area contributed by atoms with Gasteiger partial charge < -0.3 is 4.74 Å². The molecule has 0 bridgehead atoms. The van der Waals surface area contributed by atoms with Gasteiger partial charge in [0.2, 0.25) is 0 Å². The topological polar surface area (TPSA) is 67.2 Å². The van der Waals surface area contributed by atoms with Gasteiger partial charge in [-0.05, 0) is 19.3 Å². The summed E-state index contributed by atoms with van der Waals surface area (Å²) >= 11 is 0. The largest absolute Gasteiger partial charge is 0.428 e. The van der Waals surface area contributed by atoms with Crippen molar-refractivity contribution in [2.45, 2.75) is 19.3 Å². The fourth-order valence-electron chi connectivity index (χ4n) is 0.761. The van der Waals surface area contributed by atoms with Crippen molar-refractivity contribution in [3.8, 4) is 6.26 Å². The first-order valence-corrected chi connectivity index (χ1v) is 5.81. The normalized spacial score (nSPS) is 9.85. The van der Waals surface area contributed by atoms with E-state index in [0.717, 1.165) is 12.8 Å². The Balaban J connectivity index is 0. The van der Waals surface area contributed by atoms with Gasteiger partial charge in [-0.1, -0.05) is 0 Å². The maximum atomic E-state index is 10.6. The number of nitriles is 1. The number of ether oxygens (including phenoxy) is 1. The van der Waals surface area contributed by atoms with Crippen molar-refractivity contribution in [1.82, 2.24) is 0 Å². The fourth-order valence-corrected chi connectivity index (χ4v) is 1.49. The summed E-state index contributed by atoms with van der Waals surface area (Å²) in [6, 6.07) is 0. The summed E-state index contributed by atoms with van der Waals surface area (Å²) < 4.78 is 25.7. The number of nitrogens with zero attached hydrogens (tertiary/aromatic N) is 1. The molecule has 0 saturated heterocycles. The highest BCUT2D eigenvalue weighted by atomic mass is 32.2. The standard InChI is InChI=1S/C7H13NO3S.H2S/c1-12(9,10)6-4-2-3-5-11-7-8;/h2-6H2,1H3;1H2. The van der Waals surface area contributed by atoms with Crippen molar-refractivity contribution in [2.24, 2.45) is 0 Å². The maximum absolute atomic E-state index is 10.6. The number of unbranched alkanes of at least 4 members (excludes halogenated alkanes) is 2. The Bertz CT molecular complexity index is 243. The maximum Gasteiger partial charge on any atom is 0.286 e. The zero-order valence-corrected chi connectivity index (χ0v) is 9.43. The molecule has 0 aliphatic rings. The first-order valence-electron chi connectivity index (χ1n) is 3.75. The summed E-state index contributed by atoms with van der Waals surface area (Å²) in [7, 11) is -2.82. The van der Waals surface area contributed by atoms with Crippen LogP contribution in [0.25, 0.3) is 0 Å². The molecule has 0 radical (unpaired) electrons. The van der Waals surface area contributed by atoms with Crippen LogP contribution < -0.4 is 0 Å². The van der Waals surface area contributed by atoms with Gasteiger partial charge in [0.25, 0.3) is 6.26 Å². The molecule has 6 heteroatoms. The number of sulfone groups is 1. The number of rotatable bonds is 6. The van der Waals surface area contributed by atoms with Gasteiger partial charge in [0.05, 0.1) is 0 Å². The Morgan fingerprint density at radius 3 is 2.38 bits per heavy atom. The molecule has 0 aromatic carbocycles. The smallest absolute Gasteiger partial charge is 0.286 e. The fraction of sp³-hybridized carbons (Fsp3) is 0.857. The van der Waals surface area contributed by atoms with Gasteiger partial charge in [-0.15, -0.1) is 0 Å². The zero-order valence-electron chi connectivity index (χ0n) is 7.62. The highest BCUT2D eigenvalue weighted by Gasteiger charge is 2.00. The zero-order chi connectivity index (χ0) is 9.45. The van der Waals surface area contributed by atoms with Crippen molar-refractivity contribution in [1.29, 1.82) is 5.26 Å². The van der Waals surface area contributed by atoms with E-state index in [1.165, 1.54) is 6.26 Å². The van der Waals surface area contributed by atoms with E-state index in [1.54, 1.807) is 6.26 Å². The molecule has 0 saturated carbocycles. The average molecular weight is 225 g/mol. The molecular weight excluding hydrogens is 210 g/mol. The lowest BCUT2D eigenvalue weighted by Crippen LogP contribution is -2.02. The molecule has 78 valence electrons. The van der Waals surface area contributed by atoms with Crippen molar-refractivity contribution in [3.05, 3.63) is 0 Å². The molecule has 0 heterocycles. The molecule has 4 nitrogen and oxygen atoms in total. The second-order valence-corrected chi connectivity index (χ2v) is 4.89. The monoisotopic (exact) mass is 225 g/mol. The second kappa shape index (κ2) is 8.20. The van der Waals surface area contributed by atoms with Crippen LogP contribution in [0.4, 0.5) is 0 Å². The van der Waals surface area contributed by atoms with Crippen LogP contribution in [0.2, 0.25) is 0 Å². The predicted molar refractivity (Wildman–Crippen MR) is 55.5 cm³/mol. The van der Waals surface area contributed by atoms with Crippen LogP contribution in [0.15, 0.2) is 0 Å². The van der Waals surface area contributed by atoms with Crippen LogP contribution in [0.3, 0.4) is 0 Å². The van der Waals surface area contributed by atoms with E-state index in [0.29, 0.717) is 13.0 Å². The summed E-state index contributed by atoms with van der Waals surface area (Å²) in [5.74, 6) is 0.222. The van der Waals surface area contributed by atoms with E-state index < -0.39 is 9.84 Å². The van der Waals surface area contributed by atoms with E-state index in [-0.39, 0.29) is 19.2 Å². The minimum Gasteiger partial charge on any atom is -0.428 e. The van der Waals surface area contributed by atoms with Crippen LogP contribution in [-0.2, 0) is 14.6 Å². The first-order chi connectivity index (χ1) is 5.56. The Kier molecular flexibility index (Phi) is 9.51. The minimum absolute atomic E-state index is 0. The average Bonchev–Trinajstić information content (AvgIpc) is 1.94. The molecule has 0 N–H and O–H groups in total. The van der Waals surface area contributed by atoms with E-state index in [1.807, 2.05) is 0 Å². The molecule has 0 aromatic rings. The molecule has 0 aliphatic carbocycles. The van der Waals surface area contributed by atoms with Gasteiger partial charge in [0.15, 0.2) is 0 Å². The van der Waals surface area contributed by atoms with Gasteiger partial charge in [0.1, 0.15) is 16.4 Å². The number of hydrogen-bond donors (Lipinski definition) is 0. The quantitative estimate of drug-likeness (QED) is 0.495. The Morgan fingerprint density at radius 2 is 1.92 bits per heavy atom. The van der Waals surface area contributed by atoms with Crippen molar-refractivity contribution in [3.63, 3.8) is 0 Å². The molecule has 0 unspecified atom stereocenters. The third-order valence-corrected chi connectivity index (χ3v) is 2.36. The molecule has 0 rings (SSSR count). The van der Waals surface area contributed by atoms with Crippen molar-refractivity contribution < 1.29 is 13.2 Å². The summed E-state index contributed by atoms with van der Waals surface area (Å²) in [5, 5.41) is 7.98. The van der Waals surface area contributed by atoms with Crippen LogP contribution in [0.5, 0.6) is 0 Å². The SMILES string of the molecule is CS(=O)(=O)CCCCCOC#N.S. The van der Waals surface area contributed by atoms with Crippen molar-refractivity contribution >= 4 is 23.3 Å². The third kappa shape index (κ3) is 14.4. The van der Waals surface area contributed by atoms with Gasteiger partial charge >= 0.3 is 0 Å². The van der Waals surface area contributed by atoms with E-state index in [4.69, 9.17) is 5.26 Å². The molecule has 0 amide bonds. The van der Waals surface area contributed by atoms with E-state index >= 15 is 0 Å². The van der Waals surface area contributed by atoms with E-state index in [2.05, 4.69) is 4.74 Å².